The molecule has 2 aromatic rings. The van der Waals surface area contributed by atoms with Gasteiger partial charge in [-0.2, -0.15) is 0 Å². The fourth-order valence-electron chi connectivity index (χ4n) is 4.77. The lowest BCUT2D eigenvalue weighted by Crippen LogP contribution is -2.53. The molecular weight excluding hydrogens is 427 g/mol. The average molecular weight is 457 g/mol. The Morgan fingerprint density at radius 3 is 2.47 bits per heavy atom. The van der Waals surface area contributed by atoms with Gasteiger partial charge in [-0.15, -0.1) is 0 Å². The Labute approximate surface area is 188 Å². The third kappa shape index (κ3) is 4.51. The van der Waals surface area contributed by atoms with Crippen molar-refractivity contribution >= 4 is 27.0 Å². The number of carbonyl (C=O) groups excluding carboxylic acids is 1. The SMILES string of the molecule is C=S1(=O)CCC(C(=O)N2CCN(c3cnc(C4CC4)nc3)CC2c2cccc(F)c2)CC1. The predicted octanol–water partition coefficient (Wildman–Crippen LogP) is 3.01. The minimum Gasteiger partial charge on any atom is -0.365 e. The molecule has 3 aliphatic rings. The molecule has 1 unspecified atom stereocenters. The Balaban J connectivity index is 1.38. The van der Waals surface area contributed by atoms with Gasteiger partial charge in [0.2, 0.25) is 5.91 Å². The van der Waals surface area contributed by atoms with E-state index >= 15 is 0 Å². The van der Waals surface area contributed by atoms with Crippen LogP contribution in [0, 0.1) is 11.7 Å². The third-order valence-corrected chi connectivity index (χ3v) is 8.85. The van der Waals surface area contributed by atoms with Crippen LogP contribution in [0.1, 0.15) is 49.0 Å². The molecule has 2 aliphatic heterocycles. The number of aromatic nitrogens is 2. The predicted molar refractivity (Wildman–Crippen MR) is 125 cm³/mol. The van der Waals surface area contributed by atoms with Crippen molar-refractivity contribution in [3.63, 3.8) is 0 Å². The fourth-order valence-corrected chi connectivity index (χ4v) is 6.40. The Bertz CT molecular complexity index is 1090. The molecule has 32 heavy (non-hydrogen) atoms. The van der Waals surface area contributed by atoms with E-state index in [9.17, 15) is 13.4 Å². The molecule has 3 heterocycles. The zero-order chi connectivity index (χ0) is 22.3. The van der Waals surface area contributed by atoms with Gasteiger partial charge in [0.25, 0.3) is 0 Å². The molecule has 8 heteroatoms. The first-order chi connectivity index (χ1) is 15.4. The van der Waals surface area contributed by atoms with Crippen LogP contribution in [0.3, 0.4) is 0 Å². The Kier molecular flexibility index (Phi) is 5.65. The number of halogens is 1. The minimum absolute atomic E-state index is 0.0779. The van der Waals surface area contributed by atoms with Gasteiger partial charge in [-0.1, -0.05) is 12.1 Å². The number of hydrogen-bond donors (Lipinski definition) is 0. The van der Waals surface area contributed by atoms with Crippen LogP contribution in [0.2, 0.25) is 0 Å². The molecule has 5 rings (SSSR count). The maximum absolute atomic E-state index is 14.1. The molecule has 1 amide bonds. The second kappa shape index (κ2) is 8.46. The minimum atomic E-state index is -2.04. The molecule has 1 aromatic heterocycles. The summed E-state index contributed by atoms with van der Waals surface area (Å²) in [6.07, 6.45) is 7.26. The van der Waals surface area contributed by atoms with E-state index in [1.54, 1.807) is 6.07 Å². The second-order valence-corrected chi connectivity index (χ2v) is 12.0. The molecule has 6 nitrogen and oxygen atoms in total. The summed E-state index contributed by atoms with van der Waals surface area (Å²) in [5.41, 5.74) is 1.72. The molecule has 0 spiro atoms. The summed E-state index contributed by atoms with van der Waals surface area (Å²) in [4.78, 5) is 26.6. The number of benzene rings is 1. The van der Waals surface area contributed by atoms with Crippen LogP contribution >= 0.6 is 0 Å². The summed E-state index contributed by atoms with van der Waals surface area (Å²) in [6, 6.07) is 6.25. The summed E-state index contributed by atoms with van der Waals surface area (Å²) in [5.74, 6) is 5.85. The van der Waals surface area contributed by atoms with Crippen LogP contribution in [0.15, 0.2) is 36.7 Å². The van der Waals surface area contributed by atoms with Crippen molar-refractivity contribution in [2.45, 2.75) is 37.6 Å². The molecule has 1 atom stereocenters. The highest BCUT2D eigenvalue weighted by Crippen LogP contribution is 2.38. The molecule has 170 valence electrons. The quantitative estimate of drug-likeness (QED) is 0.662. The van der Waals surface area contributed by atoms with Gasteiger partial charge in [-0.3, -0.25) is 9.00 Å². The molecule has 0 radical (unpaired) electrons. The molecule has 3 fully saturated rings. The summed E-state index contributed by atoms with van der Waals surface area (Å²) < 4.78 is 26.3. The Morgan fingerprint density at radius 2 is 1.81 bits per heavy atom. The van der Waals surface area contributed by atoms with Gasteiger partial charge in [0.05, 0.1) is 24.1 Å². The van der Waals surface area contributed by atoms with E-state index in [1.165, 1.54) is 12.1 Å². The van der Waals surface area contributed by atoms with E-state index in [-0.39, 0.29) is 23.7 Å². The normalized spacial score (nSPS) is 28.5. The van der Waals surface area contributed by atoms with E-state index in [0.717, 1.165) is 29.9 Å². The number of rotatable bonds is 4. The van der Waals surface area contributed by atoms with E-state index < -0.39 is 9.52 Å². The maximum atomic E-state index is 14.1. The van der Waals surface area contributed by atoms with Crippen molar-refractivity contribution in [1.82, 2.24) is 14.9 Å². The van der Waals surface area contributed by atoms with Gasteiger partial charge in [-0.25, -0.2) is 14.4 Å². The molecule has 2 saturated heterocycles. The second-order valence-electron chi connectivity index (χ2n) is 9.27. The third-order valence-electron chi connectivity index (χ3n) is 6.89. The van der Waals surface area contributed by atoms with Crippen molar-refractivity contribution < 1.29 is 13.4 Å². The lowest BCUT2D eigenvalue weighted by atomic mass is 9.96. The molecule has 0 N–H and O–H groups in total. The molecule has 1 aromatic carbocycles. The van der Waals surface area contributed by atoms with Gasteiger partial charge in [0.1, 0.15) is 11.6 Å². The highest BCUT2D eigenvalue weighted by molar-refractivity contribution is 8.00. The van der Waals surface area contributed by atoms with Gasteiger partial charge in [0, 0.05) is 43.0 Å². The van der Waals surface area contributed by atoms with Crippen molar-refractivity contribution in [2.75, 3.05) is 36.0 Å². The van der Waals surface area contributed by atoms with Crippen molar-refractivity contribution in [2.24, 2.45) is 5.92 Å². The van der Waals surface area contributed by atoms with E-state index in [2.05, 4.69) is 20.7 Å². The first kappa shape index (κ1) is 21.4. The number of nitrogens with zero attached hydrogens (tertiary/aromatic N) is 4. The maximum Gasteiger partial charge on any atom is 0.226 e. The standard InChI is InChI=1S/C24H29FN4O2S/c1-32(31)11-7-18(8-12-32)24(30)29-10-9-28(16-22(29)19-3-2-4-20(25)13-19)21-14-26-23(27-15-21)17-5-6-17/h2-4,13-15,17-18,22H,1,5-12,16H2. The van der Waals surface area contributed by atoms with Crippen molar-refractivity contribution in [1.29, 1.82) is 0 Å². The van der Waals surface area contributed by atoms with Crippen LogP contribution in [0.4, 0.5) is 10.1 Å². The van der Waals surface area contributed by atoms with Crippen LogP contribution in [0.25, 0.3) is 0 Å². The van der Waals surface area contributed by atoms with E-state index in [4.69, 9.17) is 0 Å². The topological polar surface area (TPSA) is 66.4 Å². The summed E-state index contributed by atoms with van der Waals surface area (Å²) in [5, 5.41) is 0. The van der Waals surface area contributed by atoms with Gasteiger partial charge < -0.3 is 9.80 Å². The van der Waals surface area contributed by atoms with Crippen molar-refractivity contribution in [3.05, 3.63) is 53.9 Å². The first-order valence-corrected chi connectivity index (χ1v) is 13.4. The number of amides is 1. The molecule has 1 aliphatic carbocycles. The highest BCUT2D eigenvalue weighted by Gasteiger charge is 2.37. The van der Waals surface area contributed by atoms with Gasteiger partial charge in [-0.05, 0) is 58.8 Å². The Hall–Kier alpha value is -2.48. The number of hydrogen-bond acceptors (Lipinski definition) is 5. The van der Waals surface area contributed by atoms with Crippen LogP contribution in [-0.2, 0) is 14.3 Å². The zero-order valence-electron chi connectivity index (χ0n) is 18.2. The molecular formula is C24H29FN4O2S. The zero-order valence-corrected chi connectivity index (χ0v) is 19.0. The Morgan fingerprint density at radius 1 is 1.09 bits per heavy atom. The van der Waals surface area contributed by atoms with Crippen molar-refractivity contribution in [3.8, 4) is 0 Å². The smallest absolute Gasteiger partial charge is 0.226 e. The van der Waals surface area contributed by atoms with Crippen LogP contribution < -0.4 is 4.90 Å². The van der Waals surface area contributed by atoms with E-state index in [0.29, 0.717) is 49.9 Å². The van der Waals surface area contributed by atoms with Gasteiger partial charge >= 0.3 is 0 Å². The first-order valence-electron chi connectivity index (χ1n) is 11.3. The lowest BCUT2D eigenvalue weighted by Gasteiger charge is -2.44. The average Bonchev–Trinajstić information content (AvgIpc) is 3.64. The van der Waals surface area contributed by atoms with Crippen LogP contribution in [-0.4, -0.2) is 62.0 Å². The van der Waals surface area contributed by atoms with E-state index in [1.807, 2.05) is 23.4 Å². The monoisotopic (exact) mass is 456 g/mol. The summed E-state index contributed by atoms with van der Waals surface area (Å²) in [6.45, 7) is 1.77. The number of piperazine rings is 1. The number of anilines is 1. The summed E-state index contributed by atoms with van der Waals surface area (Å²) in [7, 11) is -2.04. The van der Waals surface area contributed by atoms with Gasteiger partial charge in [0.15, 0.2) is 0 Å². The lowest BCUT2D eigenvalue weighted by molar-refractivity contribution is -0.138. The largest absolute Gasteiger partial charge is 0.365 e. The highest BCUT2D eigenvalue weighted by atomic mass is 32.2. The summed E-state index contributed by atoms with van der Waals surface area (Å²) >= 11 is 0. The molecule has 0 bridgehead atoms. The van der Waals surface area contributed by atoms with Crippen LogP contribution in [0.5, 0.6) is 0 Å². The molecule has 1 saturated carbocycles. The fraction of sp³-hybridized carbons (Fsp3) is 0.500. The number of carbonyl (C=O) groups is 1.